The molecule has 0 saturated carbocycles. The molecule has 0 saturated heterocycles. The first-order chi connectivity index (χ1) is 12.0. The second-order valence-electron chi connectivity index (χ2n) is 6.40. The average molecular weight is 339 g/mol. The van der Waals surface area contributed by atoms with Crippen LogP contribution in [0.15, 0.2) is 30.6 Å². The molecule has 0 radical (unpaired) electrons. The zero-order valence-corrected chi connectivity index (χ0v) is 15.4. The standard InChI is InChI=1S/C18H25N7/c1-6-17(18-13(3)21-24(5)14(18)4)20-12(2)15-7-9-16(10-8-15)25-11-19-22-23-25/h7-12,17,20H,6H2,1-5H3/t12-,17-/m0/s1. The lowest BCUT2D eigenvalue weighted by Gasteiger charge is -2.23. The van der Waals surface area contributed by atoms with Gasteiger partial charge in [0, 0.05) is 30.4 Å². The first kappa shape index (κ1) is 17.3. The van der Waals surface area contributed by atoms with Gasteiger partial charge in [0.2, 0.25) is 0 Å². The van der Waals surface area contributed by atoms with Gasteiger partial charge in [-0.15, -0.1) is 5.10 Å². The fourth-order valence-corrected chi connectivity index (χ4v) is 3.29. The lowest BCUT2D eigenvalue weighted by molar-refractivity contribution is 0.453. The van der Waals surface area contributed by atoms with E-state index < -0.39 is 0 Å². The van der Waals surface area contributed by atoms with Crippen molar-refractivity contribution in [3.05, 3.63) is 53.1 Å². The third kappa shape index (κ3) is 3.46. The molecule has 1 aromatic carbocycles. The summed E-state index contributed by atoms with van der Waals surface area (Å²) in [7, 11) is 2.00. The van der Waals surface area contributed by atoms with Crippen molar-refractivity contribution in [3.63, 3.8) is 0 Å². The number of hydrogen-bond acceptors (Lipinski definition) is 5. The predicted molar refractivity (Wildman–Crippen MR) is 96.4 cm³/mol. The molecular weight excluding hydrogens is 314 g/mol. The van der Waals surface area contributed by atoms with Gasteiger partial charge in [-0.05, 0) is 55.3 Å². The highest BCUT2D eigenvalue weighted by molar-refractivity contribution is 5.35. The van der Waals surface area contributed by atoms with E-state index in [9.17, 15) is 0 Å². The van der Waals surface area contributed by atoms with Crippen LogP contribution in [-0.2, 0) is 7.05 Å². The van der Waals surface area contributed by atoms with Gasteiger partial charge in [-0.2, -0.15) is 5.10 Å². The summed E-state index contributed by atoms with van der Waals surface area (Å²) < 4.78 is 3.61. The van der Waals surface area contributed by atoms with Crippen LogP contribution in [-0.4, -0.2) is 30.0 Å². The number of aryl methyl sites for hydroxylation is 2. The van der Waals surface area contributed by atoms with Crippen molar-refractivity contribution in [1.82, 2.24) is 35.3 Å². The van der Waals surface area contributed by atoms with Crippen molar-refractivity contribution >= 4 is 0 Å². The number of hydrogen-bond donors (Lipinski definition) is 1. The van der Waals surface area contributed by atoms with E-state index in [1.54, 1.807) is 11.0 Å². The van der Waals surface area contributed by atoms with E-state index in [1.807, 2.05) is 23.9 Å². The molecule has 2 heterocycles. The maximum absolute atomic E-state index is 4.55. The van der Waals surface area contributed by atoms with Gasteiger partial charge in [0.25, 0.3) is 0 Å². The number of rotatable bonds is 6. The molecule has 0 amide bonds. The van der Waals surface area contributed by atoms with Gasteiger partial charge in [0.15, 0.2) is 0 Å². The van der Waals surface area contributed by atoms with Crippen LogP contribution in [0.2, 0.25) is 0 Å². The summed E-state index contributed by atoms with van der Waals surface area (Å²) in [6.07, 6.45) is 2.61. The molecule has 0 aliphatic heterocycles. The summed E-state index contributed by atoms with van der Waals surface area (Å²) in [5.41, 5.74) is 5.81. The quantitative estimate of drug-likeness (QED) is 0.747. The van der Waals surface area contributed by atoms with Crippen molar-refractivity contribution in [3.8, 4) is 5.69 Å². The van der Waals surface area contributed by atoms with Crippen LogP contribution in [0.1, 0.15) is 54.9 Å². The topological polar surface area (TPSA) is 73.5 Å². The van der Waals surface area contributed by atoms with Gasteiger partial charge in [-0.25, -0.2) is 4.68 Å². The lowest BCUT2D eigenvalue weighted by Crippen LogP contribution is -2.25. The van der Waals surface area contributed by atoms with Gasteiger partial charge < -0.3 is 5.32 Å². The van der Waals surface area contributed by atoms with Crippen LogP contribution in [0.5, 0.6) is 0 Å². The number of nitrogens with zero attached hydrogens (tertiary/aromatic N) is 6. The Morgan fingerprint density at radius 2 is 1.88 bits per heavy atom. The van der Waals surface area contributed by atoms with E-state index >= 15 is 0 Å². The number of aromatic nitrogens is 6. The minimum atomic E-state index is 0.229. The Balaban J connectivity index is 1.77. The maximum atomic E-state index is 4.55. The monoisotopic (exact) mass is 339 g/mol. The predicted octanol–water partition coefficient (Wildman–Crippen LogP) is 2.81. The summed E-state index contributed by atoms with van der Waals surface area (Å²) in [6.45, 7) is 8.61. The molecule has 3 aromatic rings. The summed E-state index contributed by atoms with van der Waals surface area (Å²) in [4.78, 5) is 0. The van der Waals surface area contributed by atoms with Gasteiger partial charge in [0.1, 0.15) is 6.33 Å². The van der Waals surface area contributed by atoms with E-state index in [0.717, 1.165) is 17.8 Å². The van der Waals surface area contributed by atoms with E-state index in [-0.39, 0.29) is 12.1 Å². The van der Waals surface area contributed by atoms with E-state index in [1.165, 1.54) is 16.8 Å². The Morgan fingerprint density at radius 1 is 1.16 bits per heavy atom. The van der Waals surface area contributed by atoms with Gasteiger partial charge in [-0.3, -0.25) is 4.68 Å². The summed E-state index contributed by atoms with van der Waals surface area (Å²) in [5, 5.41) is 19.6. The number of benzene rings is 1. The maximum Gasteiger partial charge on any atom is 0.143 e. The molecule has 2 atom stereocenters. The third-order valence-corrected chi connectivity index (χ3v) is 4.78. The molecule has 0 aliphatic rings. The molecule has 7 heteroatoms. The molecule has 0 spiro atoms. The molecule has 0 aliphatic carbocycles. The molecule has 2 aromatic heterocycles. The summed E-state index contributed by atoms with van der Waals surface area (Å²) >= 11 is 0. The van der Waals surface area contributed by atoms with E-state index in [4.69, 9.17) is 0 Å². The van der Waals surface area contributed by atoms with Crippen molar-refractivity contribution in [1.29, 1.82) is 0 Å². The van der Waals surface area contributed by atoms with Gasteiger partial charge in [-0.1, -0.05) is 19.1 Å². The first-order valence-electron chi connectivity index (χ1n) is 8.60. The molecule has 3 rings (SSSR count). The van der Waals surface area contributed by atoms with Crippen LogP contribution < -0.4 is 5.32 Å². The normalized spacial score (nSPS) is 13.8. The minimum absolute atomic E-state index is 0.229. The van der Waals surface area contributed by atoms with Crippen LogP contribution in [0.4, 0.5) is 0 Å². The molecule has 7 nitrogen and oxygen atoms in total. The summed E-state index contributed by atoms with van der Waals surface area (Å²) in [6, 6.07) is 8.81. The first-order valence-corrected chi connectivity index (χ1v) is 8.60. The highest BCUT2D eigenvalue weighted by atomic mass is 15.5. The lowest BCUT2D eigenvalue weighted by atomic mass is 9.99. The summed E-state index contributed by atoms with van der Waals surface area (Å²) in [5.74, 6) is 0. The molecule has 0 unspecified atom stereocenters. The second-order valence-corrected chi connectivity index (χ2v) is 6.40. The Kier molecular flexibility index (Phi) is 4.94. The highest BCUT2D eigenvalue weighted by Gasteiger charge is 2.20. The second kappa shape index (κ2) is 7.14. The fraction of sp³-hybridized carbons (Fsp3) is 0.444. The molecular formula is C18H25N7. The fourth-order valence-electron chi connectivity index (χ4n) is 3.29. The van der Waals surface area contributed by atoms with E-state index in [2.05, 4.69) is 65.8 Å². The van der Waals surface area contributed by atoms with Crippen LogP contribution >= 0.6 is 0 Å². The van der Waals surface area contributed by atoms with Crippen LogP contribution in [0.3, 0.4) is 0 Å². The zero-order chi connectivity index (χ0) is 18.0. The smallest absolute Gasteiger partial charge is 0.143 e. The Morgan fingerprint density at radius 3 is 2.40 bits per heavy atom. The zero-order valence-electron chi connectivity index (χ0n) is 15.4. The number of tetrazole rings is 1. The Bertz CT molecular complexity index is 818. The highest BCUT2D eigenvalue weighted by Crippen LogP contribution is 2.27. The largest absolute Gasteiger partial charge is 0.303 e. The van der Waals surface area contributed by atoms with Crippen molar-refractivity contribution < 1.29 is 0 Å². The van der Waals surface area contributed by atoms with Gasteiger partial charge >= 0.3 is 0 Å². The molecule has 1 N–H and O–H groups in total. The third-order valence-electron chi connectivity index (χ3n) is 4.78. The van der Waals surface area contributed by atoms with Crippen molar-refractivity contribution in [2.45, 2.75) is 46.2 Å². The minimum Gasteiger partial charge on any atom is -0.303 e. The van der Waals surface area contributed by atoms with Gasteiger partial charge in [0.05, 0.1) is 11.4 Å². The van der Waals surface area contributed by atoms with E-state index in [0.29, 0.717) is 0 Å². The Hall–Kier alpha value is -2.54. The molecule has 25 heavy (non-hydrogen) atoms. The molecule has 132 valence electrons. The average Bonchev–Trinajstić information content (AvgIpc) is 3.22. The SMILES string of the molecule is CC[C@H](N[C@@H](C)c1ccc(-n2cnnn2)cc1)c1c(C)nn(C)c1C. The van der Waals surface area contributed by atoms with Crippen molar-refractivity contribution in [2.75, 3.05) is 0 Å². The molecule has 0 bridgehead atoms. The van der Waals surface area contributed by atoms with Crippen LogP contribution in [0.25, 0.3) is 5.69 Å². The molecule has 0 fully saturated rings. The Labute approximate surface area is 148 Å². The van der Waals surface area contributed by atoms with Crippen molar-refractivity contribution in [2.24, 2.45) is 7.05 Å². The van der Waals surface area contributed by atoms with Crippen LogP contribution in [0, 0.1) is 13.8 Å². The number of nitrogens with one attached hydrogen (secondary N) is 1.